The van der Waals surface area contributed by atoms with Gasteiger partial charge in [0.1, 0.15) is 11.6 Å². The maximum absolute atomic E-state index is 12.9. The summed E-state index contributed by atoms with van der Waals surface area (Å²) < 4.78 is 14.1. The third kappa shape index (κ3) is 4.00. The summed E-state index contributed by atoms with van der Waals surface area (Å²) in [6.07, 6.45) is 1.62. The maximum atomic E-state index is 12.9. The molecule has 0 fully saturated rings. The number of rotatable bonds is 4. The third-order valence-electron chi connectivity index (χ3n) is 3.06. The Balaban J connectivity index is 1.70. The number of nitrogens with zero attached hydrogens (tertiary/aromatic N) is 2. The van der Waals surface area contributed by atoms with Crippen LogP contribution in [0.5, 0.6) is 5.75 Å². The normalized spacial score (nSPS) is 11.1. The van der Waals surface area contributed by atoms with Crippen molar-refractivity contribution in [3.8, 4) is 17.0 Å². The van der Waals surface area contributed by atoms with Crippen LogP contribution in [0, 0.1) is 5.82 Å². The number of anilines is 1. The number of phenols is 1. The van der Waals surface area contributed by atoms with Crippen LogP contribution < -0.4 is 5.43 Å². The highest BCUT2D eigenvalue weighted by atomic mass is 79.9. The first-order valence-electron chi connectivity index (χ1n) is 6.71. The molecule has 1 heterocycles. The predicted octanol–water partition coefficient (Wildman–Crippen LogP) is 5.63. The van der Waals surface area contributed by atoms with Crippen LogP contribution in [-0.2, 0) is 0 Å². The molecule has 0 saturated carbocycles. The van der Waals surface area contributed by atoms with Crippen LogP contribution in [0.3, 0.4) is 0 Å². The quantitative estimate of drug-likeness (QED) is 0.384. The second-order valence-corrected chi connectivity index (χ2v) is 7.31. The highest BCUT2D eigenvalue weighted by Crippen LogP contribution is 2.32. The molecular formula is C16H10Br2FN3OS. The molecule has 0 bridgehead atoms. The Morgan fingerprint density at radius 2 is 1.83 bits per heavy atom. The van der Waals surface area contributed by atoms with Crippen LogP contribution in [-0.4, -0.2) is 16.3 Å². The predicted molar refractivity (Wildman–Crippen MR) is 102 cm³/mol. The molecule has 0 aliphatic carbocycles. The lowest BCUT2D eigenvalue weighted by Crippen LogP contribution is -1.91. The molecule has 2 N–H and O–H groups in total. The number of halogens is 3. The van der Waals surface area contributed by atoms with E-state index < -0.39 is 0 Å². The van der Waals surface area contributed by atoms with Gasteiger partial charge in [-0.1, -0.05) is 0 Å². The van der Waals surface area contributed by atoms with Gasteiger partial charge in [-0.15, -0.1) is 11.3 Å². The van der Waals surface area contributed by atoms with Crippen molar-refractivity contribution >= 4 is 54.5 Å². The molecule has 24 heavy (non-hydrogen) atoms. The number of hydrogen-bond donors (Lipinski definition) is 2. The number of nitrogens with one attached hydrogen (secondary N) is 1. The van der Waals surface area contributed by atoms with Gasteiger partial charge in [-0.3, -0.25) is 5.43 Å². The number of hydrogen-bond acceptors (Lipinski definition) is 5. The van der Waals surface area contributed by atoms with E-state index in [0.717, 1.165) is 16.8 Å². The molecule has 0 unspecified atom stereocenters. The van der Waals surface area contributed by atoms with Gasteiger partial charge in [-0.25, -0.2) is 9.37 Å². The van der Waals surface area contributed by atoms with Gasteiger partial charge in [0, 0.05) is 10.9 Å². The Kier molecular flexibility index (Phi) is 5.27. The van der Waals surface area contributed by atoms with Crippen LogP contribution >= 0.6 is 43.2 Å². The zero-order valence-electron chi connectivity index (χ0n) is 12.0. The molecule has 0 saturated heterocycles. The van der Waals surface area contributed by atoms with E-state index in [9.17, 15) is 9.50 Å². The van der Waals surface area contributed by atoms with Crippen LogP contribution in [0.4, 0.5) is 9.52 Å². The van der Waals surface area contributed by atoms with Gasteiger partial charge in [-0.2, -0.15) is 5.10 Å². The Labute approximate surface area is 158 Å². The third-order valence-corrected chi connectivity index (χ3v) is 5.01. The van der Waals surface area contributed by atoms with Crippen molar-refractivity contribution in [2.24, 2.45) is 5.10 Å². The molecule has 3 rings (SSSR count). The molecule has 0 spiro atoms. The van der Waals surface area contributed by atoms with Crippen molar-refractivity contribution in [2.45, 2.75) is 0 Å². The van der Waals surface area contributed by atoms with Crippen molar-refractivity contribution < 1.29 is 9.50 Å². The minimum Gasteiger partial charge on any atom is -0.506 e. The first-order chi connectivity index (χ1) is 11.5. The van der Waals surface area contributed by atoms with E-state index in [1.807, 2.05) is 5.38 Å². The van der Waals surface area contributed by atoms with Crippen molar-refractivity contribution in [1.82, 2.24) is 4.98 Å². The smallest absolute Gasteiger partial charge is 0.203 e. The summed E-state index contributed by atoms with van der Waals surface area (Å²) in [5.74, 6) is -0.132. The minimum atomic E-state index is -0.275. The largest absolute Gasteiger partial charge is 0.506 e. The zero-order valence-corrected chi connectivity index (χ0v) is 16.0. The van der Waals surface area contributed by atoms with Crippen molar-refractivity contribution in [1.29, 1.82) is 0 Å². The number of phenolic OH excluding ortho intramolecular Hbond substituents is 1. The van der Waals surface area contributed by atoms with E-state index in [1.54, 1.807) is 30.5 Å². The molecule has 3 aromatic rings. The van der Waals surface area contributed by atoms with Crippen molar-refractivity contribution in [3.63, 3.8) is 0 Å². The Morgan fingerprint density at radius 1 is 1.17 bits per heavy atom. The maximum Gasteiger partial charge on any atom is 0.203 e. The lowest BCUT2D eigenvalue weighted by atomic mass is 10.2. The van der Waals surface area contributed by atoms with Crippen molar-refractivity contribution in [3.05, 3.63) is 62.1 Å². The average Bonchev–Trinajstić information content (AvgIpc) is 3.02. The van der Waals surface area contributed by atoms with E-state index >= 15 is 0 Å². The lowest BCUT2D eigenvalue weighted by Gasteiger charge is -2.01. The first-order valence-corrected chi connectivity index (χ1v) is 9.18. The van der Waals surface area contributed by atoms with Gasteiger partial charge >= 0.3 is 0 Å². The first kappa shape index (κ1) is 17.1. The van der Waals surface area contributed by atoms with Crippen LogP contribution in [0.1, 0.15) is 5.56 Å². The van der Waals surface area contributed by atoms with Gasteiger partial charge in [0.05, 0.1) is 20.9 Å². The fourth-order valence-electron chi connectivity index (χ4n) is 1.90. The molecule has 0 aliphatic rings. The summed E-state index contributed by atoms with van der Waals surface area (Å²) in [7, 11) is 0. The van der Waals surface area contributed by atoms with Crippen LogP contribution in [0.2, 0.25) is 0 Å². The van der Waals surface area contributed by atoms with Gasteiger partial charge in [0.15, 0.2) is 0 Å². The standard InChI is InChI=1S/C16H10Br2FN3OS/c17-12-5-9(6-13(18)15(12)23)7-20-22-16-21-14(8-24-16)10-1-3-11(19)4-2-10/h1-8,23H,(H,21,22)/b20-7+. The number of benzene rings is 2. The van der Waals surface area contributed by atoms with Gasteiger partial charge in [-0.05, 0) is 73.8 Å². The SMILES string of the molecule is Oc1c(Br)cc(/C=N/Nc2nc(-c3ccc(F)cc3)cs2)cc1Br. The van der Waals surface area contributed by atoms with E-state index in [0.29, 0.717) is 14.1 Å². The summed E-state index contributed by atoms with van der Waals surface area (Å²) in [6.45, 7) is 0. The highest BCUT2D eigenvalue weighted by molar-refractivity contribution is 9.11. The number of aromatic nitrogens is 1. The molecule has 0 aliphatic heterocycles. The summed E-state index contributed by atoms with van der Waals surface area (Å²) in [6, 6.07) is 9.67. The van der Waals surface area contributed by atoms with E-state index in [-0.39, 0.29) is 11.6 Å². The molecule has 0 radical (unpaired) electrons. The fourth-order valence-corrected chi connectivity index (χ4v) is 3.79. The Morgan fingerprint density at radius 3 is 2.50 bits per heavy atom. The van der Waals surface area contributed by atoms with Crippen LogP contribution in [0.15, 0.2) is 55.8 Å². The number of aromatic hydroxyl groups is 1. The van der Waals surface area contributed by atoms with Crippen molar-refractivity contribution in [2.75, 3.05) is 5.43 Å². The zero-order chi connectivity index (χ0) is 17.1. The lowest BCUT2D eigenvalue weighted by molar-refractivity contribution is 0.468. The summed E-state index contributed by atoms with van der Waals surface area (Å²) in [5.41, 5.74) is 5.26. The second kappa shape index (κ2) is 7.42. The molecule has 1 aromatic heterocycles. The molecular weight excluding hydrogens is 461 g/mol. The number of hydrazone groups is 1. The van der Waals surface area contributed by atoms with E-state index in [4.69, 9.17) is 0 Å². The monoisotopic (exact) mass is 469 g/mol. The summed E-state index contributed by atoms with van der Waals surface area (Å²) in [5, 5.41) is 16.3. The summed E-state index contributed by atoms with van der Waals surface area (Å²) in [4.78, 5) is 4.40. The molecule has 4 nitrogen and oxygen atoms in total. The van der Waals surface area contributed by atoms with E-state index in [2.05, 4.69) is 47.4 Å². The van der Waals surface area contributed by atoms with Crippen LogP contribution in [0.25, 0.3) is 11.3 Å². The molecule has 8 heteroatoms. The number of thiazole rings is 1. The average molecular weight is 471 g/mol. The topological polar surface area (TPSA) is 57.5 Å². The molecule has 0 amide bonds. The van der Waals surface area contributed by atoms with Gasteiger partial charge in [0.2, 0.25) is 5.13 Å². The highest BCUT2D eigenvalue weighted by Gasteiger charge is 2.06. The van der Waals surface area contributed by atoms with Gasteiger partial charge in [0.25, 0.3) is 0 Å². The van der Waals surface area contributed by atoms with E-state index in [1.165, 1.54) is 23.5 Å². The second-order valence-electron chi connectivity index (χ2n) is 4.75. The Bertz CT molecular complexity index is 874. The minimum absolute atomic E-state index is 0.143. The molecule has 0 atom stereocenters. The van der Waals surface area contributed by atoms with Gasteiger partial charge < -0.3 is 5.11 Å². The fraction of sp³-hybridized carbons (Fsp3) is 0. The summed E-state index contributed by atoms with van der Waals surface area (Å²) >= 11 is 7.94. The molecule has 2 aromatic carbocycles. The molecule has 122 valence electrons. The Hall–Kier alpha value is -1.77.